The number of halogens is 2. The molecule has 108 valence electrons. The van der Waals surface area contributed by atoms with Crippen LogP contribution in [-0.2, 0) is 0 Å². The number of carbonyl (C=O) groups excluding carboxylic acids is 1. The first-order valence-corrected chi connectivity index (χ1v) is 8.00. The van der Waals surface area contributed by atoms with E-state index in [2.05, 4.69) is 20.9 Å². The summed E-state index contributed by atoms with van der Waals surface area (Å²) in [5, 5.41) is 0.616. The van der Waals surface area contributed by atoms with Crippen LogP contribution < -0.4 is 0 Å². The maximum Gasteiger partial charge on any atom is 0.255 e. The highest BCUT2D eigenvalue weighted by atomic mass is 79.9. The van der Waals surface area contributed by atoms with E-state index in [9.17, 15) is 4.79 Å². The molecule has 0 radical (unpaired) electrons. The van der Waals surface area contributed by atoms with Gasteiger partial charge >= 0.3 is 0 Å². The van der Waals surface area contributed by atoms with Crippen LogP contribution in [0.3, 0.4) is 0 Å². The van der Waals surface area contributed by atoms with E-state index in [4.69, 9.17) is 11.6 Å². The van der Waals surface area contributed by atoms with E-state index in [0.29, 0.717) is 10.6 Å². The lowest BCUT2D eigenvalue weighted by atomic mass is 10.1. The molecule has 1 amide bonds. The minimum absolute atomic E-state index is 0.0397. The Morgan fingerprint density at radius 2 is 2.05 bits per heavy atom. The van der Waals surface area contributed by atoms with Crippen LogP contribution in [0.25, 0.3) is 0 Å². The molecule has 5 heteroatoms. The fourth-order valence-electron chi connectivity index (χ4n) is 2.76. The third-order valence-corrected chi connectivity index (χ3v) is 4.66. The zero-order valence-electron chi connectivity index (χ0n) is 11.3. The second kappa shape index (κ2) is 6.16. The van der Waals surface area contributed by atoms with Crippen molar-refractivity contribution < 1.29 is 4.79 Å². The van der Waals surface area contributed by atoms with Crippen LogP contribution in [0.1, 0.15) is 34.8 Å². The summed E-state index contributed by atoms with van der Waals surface area (Å²) in [5.74, 6) is 0.0397. The molecule has 0 bridgehead atoms. The van der Waals surface area contributed by atoms with Crippen molar-refractivity contribution in [1.29, 1.82) is 0 Å². The molecule has 1 atom stereocenters. The monoisotopic (exact) mass is 364 g/mol. The second-order valence-electron chi connectivity index (χ2n) is 5.06. The van der Waals surface area contributed by atoms with Gasteiger partial charge in [0.15, 0.2) is 0 Å². The van der Waals surface area contributed by atoms with Gasteiger partial charge in [0.25, 0.3) is 5.91 Å². The number of carbonyl (C=O) groups is 1. The molecule has 0 N–H and O–H groups in total. The van der Waals surface area contributed by atoms with Gasteiger partial charge in [0, 0.05) is 28.4 Å². The smallest absolute Gasteiger partial charge is 0.255 e. The predicted molar refractivity (Wildman–Crippen MR) is 86.4 cm³/mol. The highest BCUT2D eigenvalue weighted by molar-refractivity contribution is 9.10. The average molecular weight is 366 g/mol. The number of pyridine rings is 1. The van der Waals surface area contributed by atoms with Crippen LogP contribution in [0.15, 0.2) is 47.2 Å². The average Bonchev–Trinajstić information content (AvgIpc) is 2.97. The van der Waals surface area contributed by atoms with Crippen LogP contribution in [0.4, 0.5) is 0 Å². The Kier molecular flexibility index (Phi) is 4.27. The fourth-order valence-corrected chi connectivity index (χ4v) is 3.61. The molecule has 0 aliphatic carbocycles. The Morgan fingerprint density at radius 1 is 1.29 bits per heavy atom. The summed E-state index contributed by atoms with van der Waals surface area (Å²) in [6.45, 7) is 0.779. The van der Waals surface area contributed by atoms with Crippen molar-refractivity contribution in [2.45, 2.75) is 18.9 Å². The molecular formula is C16H14BrClN2O. The van der Waals surface area contributed by atoms with Crippen molar-refractivity contribution in [3.63, 3.8) is 0 Å². The predicted octanol–water partition coefficient (Wildman–Crippen LogP) is 4.47. The van der Waals surface area contributed by atoms with Gasteiger partial charge in [-0.05, 0) is 64.7 Å². The van der Waals surface area contributed by atoms with Gasteiger partial charge < -0.3 is 4.90 Å². The number of rotatable bonds is 2. The van der Waals surface area contributed by atoms with Crippen molar-refractivity contribution in [2.24, 2.45) is 0 Å². The van der Waals surface area contributed by atoms with Crippen molar-refractivity contribution in [3.8, 4) is 0 Å². The summed E-state index contributed by atoms with van der Waals surface area (Å²) < 4.78 is 0.736. The van der Waals surface area contributed by atoms with Gasteiger partial charge in [-0.1, -0.05) is 11.6 Å². The SMILES string of the molecule is O=C(c1ccc(Cl)cc1Br)N1CCCC1c1ccncc1. The van der Waals surface area contributed by atoms with Crippen LogP contribution >= 0.6 is 27.5 Å². The van der Waals surface area contributed by atoms with Crippen LogP contribution in [0.2, 0.25) is 5.02 Å². The topological polar surface area (TPSA) is 33.2 Å². The molecule has 1 aromatic carbocycles. The van der Waals surface area contributed by atoms with Crippen molar-refractivity contribution >= 4 is 33.4 Å². The molecule has 1 unspecified atom stereocenters. The van der Waals surface area contributed by atoms with E-state index < -0.39 is 0 Å². The Balaban J connectivity index is 1.90. The van der Waals surface area contributed by atoms with E-state index in [1.54, 1.807) is 30.6 Å². The number of amides is 1. The van der Waals surface area contributed by atoms with Gasteiger partial charge in [0.05, 0.1) is 11.6 Å². The van der Waals surface area contributed by atoms with Gasteiger partial charge in [-0.3, -0.25) is 9.78 Å². The van der Waals surface area contributed by atoms with Crippen LogP contribution in [-0.4, -0.2) is 22.3 Å². The van der Waals surface area contributed by atoms with Crippen molar-refractivity contribution in [3.05, 3.63) is 63.3 Å². The van der Waals surface area contributed by atoms with Gasteiger partial charge in [-0.15, -0.1) is 0 Å². The number of nitrogens with zero attached hydrogens (tertiary/aromatic N) is 2. The lowest BCUT2D eigenvalue weighted by Crippen LogP contribution is -2.30. The van der Waals surface area contributed by atoms with Crippen LogP contribution in [0.5, 0.6) is 0 Å². The molecule has 2 aromatic rings. The summed E-state index contributed by atoms with van der Waals surface area (Å²) in [7, 11) is 0. The molecule has 2 heterocycles. The fraction of sp³-hybridized carbons (Fsp3) is 0.250. The molecule has 0 saturated carbocycles. The summed E-state index contributed by atoms with van der Waals surface area (Å²) in [4.78, 5) is 18.8. The van der Waals surface area contributed by atoms with E-state index >= 15 is 0 Å². The minimum Gasteiger partial charge on any atom is -0.332 e. The first-order valence-electron chi connectivity index (χ1n) is 6.83. The third-order valence-electron chi connectivity index (χ3n) is 3.77. The summed E-state index contributed by atoms with van der Waals surface area (Å²) in [5.41, 5.74) is 1.79. The summed E-state index contributed by atoms with van der Waals surface area (Å²) in [6.07, 6.45) is 5.55. The number of hydrogen-bond donors (Lipinski definition) is 0. The van der Waals surface area contributed by atoms with E-state index in [0.717, 1.165) is 29.4 Å². The molecule has 0 spiro atoms. The normalized spacial score (nSPS) is 18.0. The summed E-state index contributed by atoms with van der Waals surface area (Å²) >= 11 is 9.37. The highest BCUT2D eigenvalue weighted by Gasteiger charge is 2.31. The lowest BCUT2D eigenvalue weighted by molar-refractivity contribution is 0.0734. The number of hydrogen-bond acceptors (Lipinski definition) is 2. The summed E-state index contributed by atoms with van der Waals surface area (Å²) in [6, 6.07) is 9.36. The molecule has 1 saturated heterocycles. The molecule has 3 nitrogen and oxygen atoms in total. The van der Waals surface area contributed by atoms with Crippen molar-refractivity contribution in [2.75, 3.05) is 6.54 Å². The maximum atomic E-state index is 12.8. The highest BCUT2D eigenvalue weighted by Crippen LogP contribution is 2.34. The Labute approximate surface area is 137 Å². The minimum atomic E-state index is 0.0397. The van der Waals surface area contributed by atoms with Crippen molar-refractivity contribution in [1.82, 2.24) is 9.88 Å². The van der Waals surface area contributed by atoms with Gasteiger partial charge in [-0.25, -0.2) is 0 Å². The van der Waals surface area contributed by atoms with Gasteiger partial charge in [0.2, 0.25) is 0 Å². The number of aromatic nitrogens is 1. The second-order valence-corrected chi connectivity index (χ2v) is 6.35. The van der Waals surface area contributed by atoms with Gasteiger partial charge in [0.1, 0.15) is 0 Å². The number of benzene rings is 1. The molecule has 1 aliphatic heterocycles. The molecule has 1 fully saturated rings. The Morgan fingerprint density at radius 3 is 2.76 bits per heavy atom. The largest absolute Gasteiger partial charge is 0.332 e. The zero-order valence-corrected chi connectivity index (χ0v) is 13.6. The molecule has 3 rings (SSSR count). The Bertz CT molecular complexity index is 663. The van der Waals surface area contributed by atoms with Gasteiger partial charge in [-0.2, -0.15) is 0 Å². The standard InChI is InChI=1S/C16H14BrClN2O/c17-14-10-12(18)3-4-13(14)16(21)20-9-1-2-15(20)11-5-7-19-8-6-11/h3-8,10,15H,1-2,9H2. The molecular weight excluding hydrogens is 352 g/mol. The first-order chi connectivity index (χ1) is 10.2. The third kappa shape index (κ3) is 2.97. The quantitative estimate of drug-likeness (QED) is 0.786. The zero-order chi connectivity index (χ0) is 14.8. The van der Waals surface area contributed by atoms with E-state index in [1.807, 2.05) is 17.0 Å². The maximum absolute atomic E-state index is 12.8. The molecule has 1 aliphatic rings. The number of likely N-dealkylation sites (tertiary alicyclic amines) is 1. The van der Waals surface area contributed by atoms with E-state index in [-0.39, 0.29) is 11.9 Å². The Hall–Kier alpha value is -1.39. The first kappa shape index (κ1) is 14.5. The molecule has 1 aromatic heterocycles. The molecule has 21 heavy (non-hydrogen) atoms. The lowest BCUT2D eigenvalue weighted by Gasteiger charge is -2.25. The van der Waals surface area contributed by atoms with E-state index in [1.165, 1.54) is 0 Å². The van der Waals surface area contributed by atoms with Crippen LogP contribution in [0, 0.1) is 0 Å².